The lowest BCUT2D eigenvalue weighted by Gasteiger charge is -2.26. The molecule has 2 heterocycles. The monoisotopic (exact) mass is 284 g/mol. The molecule has 0 radical (unpaired) electrons. The fraction of sp³-hybridized carbons (Fsp3) is 0.267. The van der Waals surface area contributed by atoms with Crippen LogP contribution < -0.4 is 15.4 Å². The van der Waals surface area contributed by atoms with Gasteiger partial charge in [-0.05, 0) is 32.0 Å². The van der Waals surface area contributed by atoms with E-state index in [-0.39, 0.29) is 5.91 Å². The molecule has 2 aromatic rings. The molecule has 0 saturated carbocycles. The summed E-state index contributed by atoms with van der Waals surface area (Å²) in [6, 6.07) is 9.38. The molecule has 21 heavy (non-hydrogen) atoms. The summed E-state index contributed by atoms with van der Waals surface area (Å²) in [4.78, 5) is 20.6. The summed E-state index contributed by atoms with van der Waals surface area (Å²) < 4.78 is 5.70. The molecule has 1 atom stereocenters. The lowest BCUT2D eigenvalue weighted by Crippen LogP contribution is -2.41. The van der Waals surface area contributed by atoms with Gasteiger partial charge in [-0.1, -0.05) is 12.1 Å². The largest absolute Gasteiger partial charge is 0.477 e. The Kier molecular flexibility index (Phi) is 3.43. The highest BCUT2D eigenvalue weighted by Gasteiger charge is 2.26. The van der Waals surface area contributed by atoms with Gasteiger partial charge >= 0.3 is 0 Å². The highest BCUT2D eigenvalue weighted by Crippen LogP contribution is 2.28. The van der Waals surface area contributed by atoms with Crippen molar-refractivity contribution < 1.29 is 9.53 Å². The minimum absolute atomic E-state index is 0.262. The Bertz CT molecular complexity index is 667. The molecule has 0 fully saturated rings. The van der Waals surface area contributed by atoms with E-state index >= 15 is 0 Å². The van der Waals surface area contributed by atoms with Crippen LogP contribution in [0.1, 0.15) is 11.4 Å². The van der Waals surface area contributed by atoms with Gasteiger partial charge in [0.25, 0.3) is 5.91 Å². The Balaban J connectivity index is 1.72. The number of hydrogen-bond acceptors (Lipinski definition) is 5. The smallest absolute Gasteiger partial charge is 0.269 e. The number of aryl methyl sites for hydroxylation is 2. The average Bonchev–Trinajstić information content (AvgIpc) is 2.45. The van der Waals surface area contributed by atoms with Gasteiger partial charge < -0.3 is 10.1 Å². The number of aromatic nitrogens is 2. The summed E-state index contributed by atoms with van der Waals surface area (Å²) in [5, 5.41) is 5.87. The van der Waals surface area contributed by atoms with Crippen molar-refractivity contribution in [1.82, 2.24) is 9.97 Å². The van der Waals surface area contributed by atoms with Gasteiger partial charge in [-0.25, -0.2) is 9.97 Å². The first kappa shape index (κ1) is 13.4. The van der Waals surface area contributed by atoms with E-state index in [1.54, 1.807) is 0 Å². The molecule has 0 saturated heterocycles. The first-order valence-corrected chi connectivity index (χ1v) is 6.74. The zero-order valence-corrected chi connectivity index (χ0v) is 11.9. The van der Waals surface area contributed by atoms with E-state index in [1.165, 1.54) is 0 Å². The molecule has 2 N–H and O–H groups in total. The van der Waals surface area contributed by atoms with Crippen molar-refractivity contribution in [1.29, 1.82) is 0 Å². The Morgan fingerprint density at radius 2 is 2.00 bits per heavy atom. The number of fused-ring (bicyclic) bond motifs is 1. The third kappa shape index (κ3) is 2.94. The standard InChI is InChI=1S/C15H16N4O2/c1-9-7-10(2)18-15(17-9)19-14(20)13-8-16-11-5-3-4-6-12(11)21-13/h3-7,13,16H,8H2,1-2H3,(H,17,18,19,20). The third-order valence-electron chi connectivity index (χ3n) is 3.14. The number of benzene rings is 1. The van der Waals surface area contributed by atoms with Crippen molar-refractivity contribution in [2.45, 2.75) is 20.0 Å². The lowest BCUT2D eigenvalue weighted by atomic mass is 10.2. The molecule has 1 aliphatic rings. The molecule has 1 aliphatic heterocycles. The molecule has 1 aromatic heterocycles. The van der Waals surface area contributed by atoms with Gasteiger partial charge in [0.15, 0.2) is 6.10 Å². The fourth-order valence-corrected chi connectivity index (χ4v) is 2.23. The van der Waals surface area contributed by atoms with Gasteiger partial charge in [-0.2, -0.15) is 0 Å². The molecule has 6 heteroatoms. The van der Waals surface area contributed by atoms with Gasteiger partial charge in [-0.3, -0.25) is 10.1 Å². The first-order valence-electron chi connectivity index (χ1n) is 6.74. The molecule has 1 aromatic carbocycles. The Labute approximate surface area is 122 Å². The van der Waals surface area contributed by atoms with Crippen LogP contribution in [0.3, 0.4) is 0 Å². The molecule has 1 unspecified atom stereocenters. The molecule has 0 aliphatic carbocycles. The van der Waals surface area contributed by atoms with E-state index < -0.39 is 6.10 Å². The Morgan fingerprint density at radius 1 is 1.29 bits per heavy atom. The number of carbonyl (C=O) groups is 1. The van der Waals surface area contributed by atoms with E-state index in [2.05, 4.69) is 20.6 Å². The average molecular weight is 284 g/mol. The summed E-state index contributed by atoms with van der Waals surface area (Å²) in [6.45, 7) is 4.13. The zero-order valence-electron chi connectivity index (χ0n) is 11.9. The SMILES string of the molecule is Cc1cc(C)nc(NC(=O)C2CNc3ccccc3O2)n1. The van der Waals surface area contributed by atoms with Crippen LogP contribution in [0, 0.1) is 13.8 Å². The normalized spacial score (nSPS) is 16.4. The van der Waals surface area contributed by atoms with Crippen LogP contribution in [-0.4, -0.2) is 28.5 Å². The van der Waals surface area contributed by atoms with Crippen molar-refractivity contribution in [3.05, 3.63) is 41.7 Å². The quantitative estimate of drug-likeness (QED) is 0.881. The van der Waals surface area contributed by atoms with Gasteiger partial charge in [0.05, 0.1) is 12.2 Å². The van der Waals surface area contributed by atoms with Gasteiger partial charge in [-0.15, -0.1) is 0 Å². The predicted octanol–water partition coefficient (Wildman–Crippen LogP) is 1.91. The van der Waals surface area contributed by atoms with E-state index in [0.29, 0.717) is 18.2 Å². The summed E-state index contributed by atoms with van der Waals surface area (Å²) in [7, 11) is 0. The van der Waals surface area contributed by atoms with Crippen molar-refractivity contribution in [2.75, 3.05) is 17.2 Å². The number of anilines is 2. The molecular weight excluding hydrogens is 268 g/mol. The summed E-state index contributed by atoms with van der Waals surface area (Å²) in [5.74, 6) is 0.715. The second kappa shape index (κ2) is 5.40. The van der Waals surface area contributed by atoms with E-state index in [0.717, 1.165) is 17.1 Å². The highest BCUT2D eigenvalue weighted by molar-refractivity contribution is 5.93. The second-order valence-corrected chi connectivity index (χ2v) is 4.95. The number of nitrogens with one attached hydrogen (secondary N) is 2. The molecule has 1 amide bonds. The van der Waals surface area contributed by atoms with E-state index in [4.69, 9.17) is 4.74 Å². The van der Waals surface area contributed by atoms with Gasteiger partial charge in [0, 0.05) is 11.4 Å². The minimum Gasteiger partial charge on any atom is -0.477 e. The van der Waals surface area contributed by atoms with Crippen LogP contribution in [0.5, 0.6) is 5.75 Å². The topological polar surface area (TPSA) is 76.1 Å². The van der Waals surface area contributed by atoms with Crippen molar-refractivity contribution in [3.63, 3.8) is 0 Å². The van der Waals surface area contributed by atoms with Crippen molar-refractivity contribution in [2.24, 2.45) is 0 Å². The van der Waals surface area contributed by atoms with E-state index in [9.17, 15) is 4.79 Å². The number of ether oxygens (including phenoxy) is 1. The molecule has 0 spiro atoms. The number of nitrogens with zero attached hydrogens (tertiary/aromatic N) is 2. The Hall–Kier alpha value is -2.63. The maximum atomic E-state index is 12.2. The number of carbonyl (C=O) groups excluding carboxylic acids is 1. The van der Waals surface area contributed by atoms with Gasteiger partial charge in [0.2, 0.25) is 5.95 Å². The lowest BCUT2D eigenvalue weighted by molar-refractivity contribution is -0.122. The third-order valence-corrected chi connectivity index (χ3v) is 3.14. The fourth-order valence-electron chi connectivity index (χ4n) is 2.23. The van der Waals surface area contributed by atoms with Crippen LogP contribution in [0.25, 0.3) is 0 Å². The summed E-state index contributed by atoms with van der Waals surface area (Å²) in [6.07, 6.45) is -0.607. The maximum absolute atomic E-state index is 12.2. The summed E-state index contributed by atoms with van der Waals surface area (Å²) in [5.41, 5.74) is 2.51. The predicted molar refractivity (Wildman–Crippen MR) is 79.5 cm³/mol. The highest BCUT2D eigenvalue weighted by atomic mass is 16.5. The van der Waals surface area contributed by atoms with Crippen LogP contribution >= 0.6 is 0 Å². The first-order chi connectivity index (χ1) is 10.1. The Morgan fingerprint density at radius 3 is 2.76 bits per heavy atom. The van der Waals surface area contributed by atoms with Crippen LogP contribution in [0.15, 0.2) is 30.3 Å². The zero-order chi connectivity index (χ0) is 14.8. The maximum Gasteiger partial charge on any atom is 0.269 e. The number of amides is 1. The summed E-state index contributed by atoms with van der Waals surface area (Å²) >= 11 is 0. The molecule has 108 valence electrons. The van der Waals surface area contributed by atoms with E-state index in [1.807, 2.05) is 44.2 Å². The second-order valence-electron chi connectivity index (χ2n) is 4.95. The molecule has 3 rings (SSSR count). The number of para-hydroxylation sites is 2. The van der Waals surface area contributed by atoms with Crippen LogP contribution in [0.4, 0.5) is 11.6 Å². The molecule has 6 nitrogen and oxygen atoms in total. The van der Waals surface area contributed by atoms with Crippen LogP contribution in [-0.2, 0) is 4.79 Å². The molecular formula is C15H16N4O2. The van der Waals surface area contributed by atoms with Crippen molar-refractivity contribution in [3.8, 4) is 5.75 Å². The number of hydrogen-bond donors (Lipinski definition) is 2. The molecule has 0 bridgehead atoms. The van der Waals surface area contributed by atoms with Gasteiger partial charge in [0.1, 0.15) is 5.75 Å². The minimum atomic E-state index is -0.607. The number of rotatable bonds is 2. The van der Waals surface area contributed by atoms with Crippen LogP contribution in [0.2, 0.25) is 0 Å². The van der Waals surface area contributed by atoms with Crippen molar-refractivity contribution >= 4 is 17.5 Å².